The summed E-state index contributed by atoms with van der Waals surface area (Å²) in [7, 11) is 0. The van der Waals surface area contributed by atoms with Crippen LogP contribution in [0.15, 0.2) is 41.6 Å². The Balaban J connectivity index is 1.28. The average Bonchev–Trinajstić information content (AvgIpc) is 3.48. The van der Waals surface area contributed by atoms with Gasteiger partial charge in [0.15, 0.2) is 0 Å². The van der Waals surface area contributed by atoms with Crippen molar-refractivity contribution in [3.05, 3.63) is 68.2 Å². The molecule has 0 aliphatic heterocycles. The van der Waals surface area contributed by atoms with Crippen LogP contribution in [-0.4, -0.2) is 29.9 Å². The Labute approximate surface area is 197 Å². The van der Waals surface area contributed by atoms with Gasteiger partial charge in [0.2, 0.25) is 0 Å². The smallest absolute Gasteiger partial charge is 0.132 e. The molecule has 0 fully saturated rings. The first kappa shape index (κ1) is 20.3. The lowest BCUT2D eigenvalue weighted by atomic mass is 10.1. The topological polar surface area (TPSA) is 90.5 Å². The first-order valence-electron chi connectivity index (χ1n) is 10.8. The van der Waals surface area contributed by atoms with E-state index in [-0.39, 0.29) is 0 Å². The molecule has 6 aromatic heterocycles. The van der Waals surface area contributed by atoms with E-state index in [2.05, 4.69) is 36.8 Å². The molecule has 0 spiro atoms. The normalized spacial score (nSPS) is 11.8. The van der Waals surface area contributed by atoms with Crippen LogP contribution in [-0.2, 0) is 25.7 Å². The number of aromatic nitrogens is 6. The van der Waals surface area contributed by atoms with Crippen molar-refractivity contribution < 1.29 is 4.42 Å². The van der Waals surface area contributed by atoms with Crippen LogP contribution < -0.4 is 0 Å². The van der Waals surface area contributed by atoms with Crippen LogP contribution >= 0.6 is 22.7 Å². The van der Waals surface area contributed by atoms with Crippen molar-refractivity contribution in [1.29, 1.82) is 0 Å². The zero-order valence-corrected chi connectivity index (χ0v) is 19.8. The van der Waals surface area contributed by atoms with Gasteiger partial charge in [0.25, 0.3) is 0 Å². The molecule has 0 atom stereocenters. The number of rotatable bonds is 6. The van der Waals surface area contributed by atoms with Crippen LogP contribution in [0.25, 0.3) is 33.1 Å². The Kier molecular flexibility index (Phi) is 5.07. The number of fused-ring (bicyclic) bond motifs is 3. The number of thiophene rings is 2. The molecule has 0 N–H and O–H groups in total. The lowest BCUT2D eigenvalue weighted by Gasteiger charge is -1.98. The Morgan fingerprint density at radius 2 is 1.00 bits per heavy atom. The van der Waals surface area contributed by atoms with E-state index in [1.165, 1.54) is 19.5 Å². The molecule has 6 rings (SSSR count). The van der Waals surface area contributed by atoms with Gasteiger partial charge in [-0.25, -0.2) is 9.97 Å². The third-order valence-corrected chi connectivity index (χ3v) is 8.21. The Hall–Kier alpha value is -3.30. The molecule has 9 heteroatoms. The molecule has 0 saturated heterocycles. The third-order valence-electron chi connectivity index (χ3n) is 5.78. The van der Waals surface area contributed by atoms with Crippen LogP contribution in [0, 0.1) is 13.8 Å². The summed E-state index contributed by atoms with van der Waals surface area (Å²) in [6.07, 6.45) is 13.9. The highest BCUT2D eigenvalue weighted by molar-refractivity contribution is 7.14. The van der Waals surface area contributed by atoms with Gasteiger partial charge in [-0.3, -0.25) is 19.9 Å². The SMILES string of the molecule is Cc1oc(CCc2sc(CCc3sc(C)c4nccnc34)c3nccnc23)c2nccnc12. The van der Waals surface area contributed by atoms with Gasteiger partial charge in [-0.1, -0.05) is 0 Å². The molecule has 0 aromatic carbocycles. The number of furan rings is 1. The second kappa shape index (κ2) is 8.24. The molecule has 7 nitrogen and oxygen atoms in total. The van der Waals surface area contributed by atoms with Crippen molar-refractivity contribution in [2.24, 2.45) is 0 Å². The summed E-state index contributed by atoms with van der Waals surface area (Å²) in [4.78, 5) is 32.3. The molecule has 0 amide bonds. The predicted molar refractivity (Wildman–Crippen MR) is 131 cm³/mol. The van der Waals surface area contributed by atoms with E-state index in [9.17, 15) is 0 Å². The fourth-order valence-electron chi connectivity index (χ4n) is 4.29. The summed E-state index contributed by atoms with van der Waals surface area (Å²) in [6, 6.07) is 0. The molecule has 0 unspecified atom stereocenters. The van der Waals surface area contributed by atoms with E-state index in [0.717, 1.165) is 70.3 Å². The van der Waals surface area contributed by atoms with Gasteiger partial charge in [0.1, 0.15) is 44.6 Å². The van der Waals surface area contributed by atoms with Crippen LogP contribution in [0.5, 0.6) is 0 Å². The highest BCUT2D eigenvalue weighted by Gasteiger charge is 2.18. The van der Waals surface area contributed by atoms with Gasteiger partial charge in [-0.05, 0) is 33.1 Å². The number of nitrogens with zero attached hydrogens (tertiary/aromatic N) is 6. The van der Waals surface area contributed by atoms with Gasteiger partial charge in [0.05, 0.1) is 0 Å². The van der Waals surface area contributed by atoms with E-state index in [1.54, 1.807) is 59.9 Å². The molecule has 0 aliphatic rings. The van der Waals surface area contributed by atoms with Crippen molar-refractivity contribution >= 4 is 55.8 Å². The molecule has 6 aromatic rings. The highest BCUT2D eigenvalue weighted by Crippen LogP contribution is 2.34. The van der Waals surface area contributed by atoms with E-state index in [4.69, 9.17) is 4.42 Å². The van der Waals surface area contributed by atoms with Crippen molar-refractivity contribution in [3.63, 3.8) is 0 Å². The van der Waals surface area contributed by atoms with E-state index < -0.39 is 0 Å². The molecule has 0 bridgehead atoms. The molecule has 6 heterocycles. The molecular weight excluding hydrogens is 452 g/mol. The number of hydrogen-bond acceptors (Lipinski definition) is 9. The van der Waals surface area contributed by atoms with Gasteiger partial charge in [0, 0.05) is 63.1 Å². The molecule has 0 radical (unpaired) electrons. The van der Waals surface area contributed by atoms with Crippen molar-refractivity contribution in [3.8, 4) is 0 Å². The molecule has 0 aliphatic carbocycles. The zero-order valence-electron chi connectivity index (χ0n) is 18.2. The fourth-order valence-corrected chi connectivity index (χ4v) is 6.55. The Morgan fingerprint density at radius 1 is 0.545 bits per heavy atom. The summed E-state index contributed by atoms with van der Waals surface area (Å²) in [6.45, 7) is 4.05. The lowest BCUT2D eigenvalue weighted by molar-refractivity contribution is 0.487. The minimum Gasteiger partial charge on any atom is -0.462 e. The summed E-state index contributed by atoms with van der Waals surface area (Å²) in [5, 5.41) is 0. The summed E-state index contributed by atoms with van der Waals surface area (Å²) >= 11 is 3.59. The fraction of sp³-hybridized carbons (Fsp3) is 0.250. The second-order valence-corrected chi connectivity index (χ2v) is 10.4. The van der Waals surface area contributed by atoms with Gasteiger partial charge in [-0.2, -0.15) is 0 Å². The lowest BCUT2D eigenvalue weighted by Crippen LogP contribution is -1.91. The van der Waals surface area contributed by atoms with Crippen molar-refractivity contribution in [2.45, 2.75) is 39.5 Å². The summed E-state index contributed by atoms with van der Waals surface area (Å²) in [5.41, 5.74) is 5.71. The minimum absolute atomic E-state index is 0.749. The van der Waals surface area contributed by atoms with Crippen LogP contribution in [0.3, 0.4) is 0 Å². The molecule has 0 saturated carbocycles. The van der Waals surface area contributed by atoms with Crippen LogP contribution in [0.1, 0.15) is 31.0 Å². The van der Waals surface area contributed by atoms with Gasteiger partial charge in [-0.15, -0.1) is 22.7 Å². The first-order chi connectivity index (χ1) is 16.2. The maximum Gasteiger partial charge on any atom is 0.132 e. The zero-order chi connectivity index (χ0) is 22.4. The highest BCUT2D eigenvalue weighted by atomic mass is 32.1. The number of hydrogen-bond donors (Lipinski definition) is 0. The predicted octanol–water partition coefficient (Wildman–Crippen LogP) is 5.42. The maximum absolute atomic E-state index is 5.99. The van der Waals surface area contributed by atoms with Crippen molar-refractivity contribution in [1.82, 2.24) is 29.9 Å². The number of aryl methyl sites for hydroxylation is 6. The van der Waals surface area contributed by atoms with Gasteiger partial charge >= 0.3 is 0 Å². The van der Waals surface area contributed by atoms with Crippen LogP contribution in [0.2, 0.25) is 0 Å². The largest absolute Gasteiger partial charge is 0.462 e. The standard InChI is InChI=1S/C24H20N6OS2/c1-13-19-21(27-9-7-25-19)15(31-13)3-4-17-23-24(30-12-11-29-23)18(33-17)6-5-16-22-20(14(2)32-16)26-8-10-28-22/h7-12H,3-6H2,1-2H3. The summed E-state index contributed by atoms with van der Waals surface area (Å²) < 4.78 is 5.99. The Morgan fingerprint density at radius 3 is 1.64 bits per heavy atom. The monoisotopic (exact) mass is 472 g/mol. The first-order valence-corrected chi connectivity index (χ1v) is 12.4. The summed E-state index contributed by atoms with van der Waals surface area (Å²) in [5.74, 6) is 1.69. The average molecular weight is 473 g/mol. The minimum atomic E-state index is 0.749. The van der Waals surface area contributed by atoms with Crippen LogP contribution in [0.4, 0.5) is 0 Å². The molecular formula is C24H20N6OS2. The van der Waals surface area contributed by atoms with Crippen molar-refractivity contribution in [2.75, 3.05) is 0 Å². The van der Waals surface area contributed by atoms with E-state index in [1.807, 2.05) is 6.92 Å². The quantitative estimate of drug-likeness (QED) is 0.320. The van der Waals surface area contributed by atoms with Gasteiger partial charge < -0.3 is 4.42 Å². The van der Waals surface area contributed by atoms with E-state index >= 15 is 0 Å². The Bertz CT molecular complexity index is 1500. The molecule has 164 valence electrons. The molecule has 33 heavy (non-hydrogen) atoms. The third kappa shape index (κ3) is 3.57. The maximum atomic E-state index is 5.99. The van der Waals surface area contributed by atoms with E-state index in [0.29, 0.717) is 0 Å². The second-order valence-electron chi connectivity index (χ2n) is 7.87.